The molecule has 1 aromatic rings. The van der Waals surface area contributed by atoms with Crippen molar-refractivity contribution in [1.82, 2.24) is 4.90 Å². The molecule has 21 heavy (non-hydrogen) atoms. The molecule has 1 saturated heterocycles. The Bertz CT molecular complexity index is 548. The smallest absolute Gasteiger partial charge is 0.495 e. The van der Waals surface area contributed by atoms with Crippen LogP contribution in [0.1, 0.15) is 18.1 Å². The van der Waals surface area contributed by atoms with Gasteiger partial charge in [0.05, 0.1) is 13.1 Å². The highest BCUT2D eigenvalue weighted by Crippen LogP contribution is 2.16. The van der Waals surface area contributed by atoms with Gasteiger partial charge in [0.25, 0.3) is 0 Å². The third kappa shape index (κ3) is 4.46. The van der Waals surface area contributed by atoms with Gasteiger partial charge >= 0.3 is 19.1 Å². The molecule has 1 aromatic carbocycles. The second-order valence-corrected chi connectivity index (χ2v) is 5.24. The number of carbonyl (C=O) groups is 2. The van der Waals surface area contributed by atoms with Crippen molar-refractivity contribution < 1.29 is 18.9 Å². The summed E-state index contributed by atoms with van der Waals surface area (Å²) < 4.78 is 10.3. The van der Waals surface area contributed by atoms with Crippen molar-refractivity contribution in [1.29, 1.82) is 0 Å². The highest BCUT2D eigenvalue weighted by atomic mass is 16.6. The summed E-state index contributed by atoms with van der Waals surface area (Å²) in [4.78, 5) is 24.8. The van der Waals surface area contributed by atoms with E-state index in [1.165, 1.54) is 5.56 Å². The fourth-order valence-electron chi connectivity index (χ4n) is 2.04. The molecule has 0 saturated carbocycles. The van der Waals surface area contributed by atoms with Crippen LogP contribution in [-0.4, -0.2) is 44.1 Å². The molecule has 6 heteroatoms. The lowest BCUT2D eigenvalue weighted by Gasteiger charge is -2.21. The van der Waals surface area contributed by atoms with Gasteiger partial charge in [0.15, 0.2) is 0 Å². The molecule has 110 valence electrons. The largest absolute Gasteiger partial charge is 0.629 e. The van der Waals surface area contributed by atoms with Gasteiger partial charge in [0, 0.05) is 0 Å². The van der Waals surface area contributed by atoms with E-state index in [1.807, 2.05) is 38.1 Å². The monoisotopic (exact) mass is 287 g/mol. The number of allylic oxidation sites excluding steroid dienone is 1. The summed E-state index contributed by atoms with van der Waals surface area (Å²) in [6, 6.07) is 7.94. The minimum atomic E-state index is -0.972. The average molecular weight is 287 g/mol. The molecule has 0 aliphatic carbocycles. The molecule has 1 aliphatic heterocycles. The Morgan fingerprint density at radius 2 is 1.67 bits per heavy atom. The third-order valence-corrected chi connectivity index (χ3v) is 3.19. The predicted molar refractivity (Wildman–Crippen MR) is 80.3 cm³/mol. The summed E-state index contributed by atoms with van der Waals surface area (Å²) in [5.41, 5.74) is 3.04. The van der Waals surface area contributed by atoms with E-state index >= 15 is 0 Å². The van der Waals surface area contributed by atoms with Crippen molar-refractivity contribution in [2.75, 3.05) is 20.1 Å². The summed E-state index contributed by atoms with van der Waals surface area (Å²) in [6.07, 6.45) is 0. The van der Waals surface area contributed by atoms with Crippen LogP contribution in [0.15, 0.2) is 30.2 Å². The van der Waals surface area contributed by atoms with Crippen molar-refractivity contribution in [3.05, 3.63) is 41.4 Å². The topological polar surface area (TPSA) is 55.8 Å². The van der Waals surface area contributed by atoms with Gasteiger partial charge in [-0.2, -0.15) is 0 Å². The Balaban J connectivity index is 2.15. The lowest BCUT2D eigenvalue weighted by molar-refractivity contribution is -0.145. The van der Waals surface area contributed by atoms with Crippen molar-refractivity contribution in [2.24, 2.45) is 0 Å². The van der Waals surface area contributed by atoms with E-state index in [9.17, 15) is 9.59 Å². The van der Waals surface area contributed by atoms with Crippen molar-refractivity contribution >= 4 is 24.6 Å². The van der Waals surface area contributed by atoms with Gasteiger partial charge in [-0.05, 0) is 38.0 Å². The minimum absolute atomic E-state index is 0.0724. The number of hydrogen-bond acceptors (Lipinski definition) is 5. The van der Waals surface area contributed by atoms with E-state index in [4.69, 9.17) is 9.31 Å². The fraction of sp³-hybridized carbons (Fsp3) is 0.333. The molecule has 0 atom stereocenters. The SMILES string of the molecule is C/C(=C\B1OC(=O)CN(C)CC(=O)O1)c1ccc(C)cc1. The second-order valence-electron chi connectivity index (χ2n) is 5.24. The van der Waals surface area contributed by atoms with Gasteiger partial charge in [-0.25, -0.2) is 0 Å². The van der Waals surface area contributed by atoms with E-state index < -0.39 is 19.1 Å². The minimum Gasteiger partial charge on any atom is -0.495 e. The maximum Gasteiger partial charge on any atom is 0.629 e. The Labute approximate surface area is 124 Å². The lowest BCUT2D eigenvalue weighted by atomic mass is 9.84. The summed E-state index contributed by atoms with van der Waals surface area (Å²) in [6.45, 7) is 4.04. The highest BCUT2D eigenvalue weighted by Gasteiger charge is 2.29. The van der Waals surface area contributed by atoms with Gasteiger partial charge in [0.1, 0.15) is 0 Å². The molecule has 0 N–H and O–H groups in total. The zero-order valence-corrected chi connectivity index (χ0v) is 12.5. The molecule has 0 amide bonds. The summed E-state index contributed by atoms with van der Waals surface area (Å²) in [7, 11) is 0.691. The van der Waals surface area contributed by atoms with Crippen molar-refractivity contribution in [3.8, 4) is 0 Å². The van der Waals surface area contributed by atoms with E-state index in [-0.39, 0.29) is 13.1 Å². The Kier molecular flexibility index (Phi) is 4.80. The number of hydrogen-bond donors (Lipinski definition) is 0. The molecule has 1 aliphatic rings. The predicted octanol–water partition coefficient (Wildman–Crippen LogP) is 1.46. The van der Waals surface area contributed by atoms with Crippen LogP contribution in [0.2, 0.25) is 0 Å². The average Bonchev–Trinajstić information content (AvgIpc) is 2.36. The molecule has 0 bridgehead atoms. The summed E-state index contributed by atoms with van der Waals surface area (Å²) in [5.74, 6) is 0.817. The highest BCUT2D eigenvalue weighted by molar-refractivity contribution is 6.56. The molecule has 0 unspecified atom stereocenters. The molecule has 5 nitrogen and oxygen atoms in total. The number of nitrogens with zero attached hydrogens (tertiary/aromatic N) is 1. The standard InChI is InChI=1S/C15H18BNO4/c1-11-4-6-13(7-5-11)12(2)8-16-20-14(18)9-17(3)10-15(19)21-16/h4-8H,9-10H2,1-3H3/b12-8+. The number of rotatable bonds is 2. The number of carbonyl (C=O) groups excluding carboxylic acids is 2. The Hall–Kier alpha value is -2.08. The van der Waals surface area contributed by atoms with Crippen molar-refractivity contribution in [2.45, 2.75) is 13.8 Å². The maximum atomic E-state index is 11.6. The number of benzene rings is 1. The van der Waals surface area contributed by atoms with Crippen LogP contribution in [0.25, 0.3) is 5.57 Å². The van der Waals surface area contributed by atoms with Gasteiger partial charge in [0.2, 0.25) is 0 Å². The van der Waals surface area contributed by atoms with E-state index in [0.29, 0.717) is 0 Å². The van der Waals surface area contributed by atoms with E-state index in [0.717, 1.165) is 11.1 Å². The van der Waals surface area contributed by atoms with Crippen LogP contribution < -0.4 is 0 Å². The lowest BCUT2D eigenvalue weighted by Crippen LogP contribution is -2.41. The molecule has 1 heterocycles. The van der Waals surface area contributed by atoms with Crippen LogP contribution in [0.5, 0.6) is 0 Å². The first-order chi connectivity index (χ1) is 9.94. The Morgan fingerprint density at radius 3 is 2.19 bits per heavy atom. The van der Waals surface area contributed by atoms with Gasteiger partial charge < -0.3 is 9.31 Å². The second kappa shape index (κ2) is 6.58. The molecular formula is C15H18BNO4. The van der Waals surface area contributed by atoms with Crippen LogP contribution in [0.3, 0.4) is 0 Å². The first kappa shape index (κ1) is 15.3. The molecule has 0 spiro atoms. The zero-order valence-electron chi connectivity index (χ0n) is 12.5. The first-order valence-corrected chi connectivity index (χ1v) is 6.77. The Morgan fingerprint density at radius 1 is 1.14 bits per heavy atom. The van der Waals surface area contributed by atoms with E-state index in [1.54, 1.807) is 17.9 Å². The zero-order chi connectivity index (χ0) is 15.4. The maximum absolute atomic E-state index is 11.6. The number of likely N-dealkylation sites (N-methyl/N-ethyl adjacent to an activating group) is 1. The van der Waals surface area contributed by atoms with Crippen molar-refractivity contribution in [3.63, 3.8) is 0 Å². The number of aryl methyl sites for hydroxylation is 1. The van der Waals surface area contributed by atoms with Crippen LogP contribution in [0.4, 0.5) is 0 Å². The summed E-state index contributed by atoms with van der Waals surface area (Å²) >= 11 is 0. The van der Waals surface area contributed by atoms with Crippen LogP contribution in [0, 0.1) is 6.92 Å². The molecule has 0 radical (unpaired) electrons. The van der Waals surface area contributed by atoms with E-state index in [2.05, 4.69) is 0 Å². The quantitative estimate of drug-likeness (QED) is 0.771. The molecule has 0 aromatic heterocycles. The molecule has 1 fully saturated rings. The molecular weight excluding hydrogens is 269 g/mol. The van der Waals surface area contributed by atoms with Crippen LogP contribution >= 0.6 is 0 Å². The van der Waals surface area contributed by atoms with Crippen LogP contribution in [-0.2, 0) is 18.9 Å². The van der Waals surface area contributed by atoms with Gasteiger partial charge in [-0.15, -0.1) is 0 Å². The fourth-order valence-corrected chi connectivity index (χ4v) is 2.04. The third-order valence-electron chi connectivity index (χ3n) is 3.19. The summed E-state index contributed by atoms with van der Waals surface area (Å²) in [5, 5.41) is 0. The normalized spacial score (nSPS) is 17.9. The molecule has 2 rings (SSSR count). The van der Waals surface area contributed by atoms with Gasteiger partial charge in [-0.1, -0.05) is 29.8 Å². The van der Waals surface area contributed by atoms with Gasteiger partial charge in [-0.3, -0.25) is 14.5 Å². The first-order valence-electron chi connectivity index (χ1n) is 6.77.